The molecule has 7 aromatic carbocycles. The molecule has 0 fully saturated rings. The monoisotopic (exact) mass is 648 g/mol. The van der Waals surface area contributed by atoms with E-state index in [9.17, 15) is 0 Å². The Morgan fingerprint density at radius 1 is 0.500 bits per heavy atom. The number of para-hydroxylation sites is 3. The molecule has 48 heavy (non-hydrogen) atoms. The average Bonchev–Trinajstić information content (AvgIpc) is 3.75. The molecule has 10 rings (SSSR count). The first kappa shape index (κ1) is 27.7. The van der Waals surface area contributed by atoms with Crippen molar-refractivity contribution < 1.29 is 0 Å². The quantitative estimate of drug-likeness (QED) is 0.172. The Bertz CT molecular complexity index is 2700. The van der Waals surface area contributed by atoms with Crippen LogP contribution in [-0.2, 0) is 0 Å². The van der Waals surface area contributed by atoms with Gasteiger partial charge in [0.15, 0.2) is 0 Å². The van der Waals surface area contributed by atoms with Crippen LogP contribution in [0.4, 0.5) is 17.1 Å². The Labute approximate surface area is 284 Å². The second kappa shape index (κ2) is 10.3. The number of thiophene rings is 1. The number of fused-ring (bicyclic) bond motifs is 10. The van der Waals surface area contributed by atoms with E-state index in [0.717, 1.165) is 11.4 Å². The maximum absolute atomic E-state index is 2.53. The van der Waals surface area contributed by atoms with Gasteiger partial charge in [-0.1, -0.05) is 104 Å². The van der Waals surface area contributed by atoms with Gasteiger partial charge in [-0.3, -0.25) is 0 Å². The standard InChI is InChI=1S/C44H32N2SSi/c1-48(2)41-26-24-35-34-18-10-12-20-40(34)47-44(35)43(41)36-23-21-32(28-42(36)48)45(29-13-5-3-6-14-29)31-22-25-39-37(27-31)33-17-9-11-19-38(33)46(39)30-15-7-4-8-16-30/h3-28H,1-2H3. The molecule has 0 N–H and O–H groups in total. The average molecular weight is 649 g/mol. The number of hydrogen-bond acceptors (Lipinski definition) is 2. The van der Waals surface area contributed by atoms with Crippen molar-refractivity contribution >= 4 is 88.8 Å². The van der Waals surface area contributed by atoms with E-state index in [0.29, 0.717) is 0 Å². The summed E-state index contributed by atoms with van der Waals surface area (Å²) in [6.07, 6.45) is 0. The summed E-state index contributed by atoms with van der Waals surface area (Å²) in [6, 6.07) is 58.2. The SMILES string of the molecule is C[Si]1(C)c2cc(N(c3ccccc3)c3ccc4c(c3)c3ccccc3n4-c3ccccc3)ccc2-c2c1ccc1c2sc2ccccc21. The van der Waals surface area contributed by atoms with Crippen LogP contribution in [-0.4, -0.2) is 12.6 Å². The maximum Gasteiger partial charge on any atom is 0.114 e. The van der Waals surface area contributed by atoms with Gasteiger partial charge in [0.25, 0.3) is 0 Å². The largest absolute Gasteiger partial charge is 0.310 e. The first-order valence-corrected chi connectivity index (χ1v) is 20.4. The van der Waals surface area contributed by atoms with Crippen molar-refractivity contribution in [3.05, 3.63) is 158 Å². The van der Waals surface area contributed by atoms with Crippen molar-refractivity contribution in [2.45, 2.75) is 13.1 Å². The highest BCUT2D eigenvalue weighted by Crippen LogP contribution is 2.44. The Morgan fingerprint density at radius 3 is 2.00 bits per heavy atom. The molecule has 1 aliphatic heterocycles. The third-order valence-corrected chi connectivity index (χ3v) is 15.1. The number of aromatic nitrogens is 1. The van der Waals surface area contributed by atoms with Crippen LogP contribution < -0.4 is 15.3 Å². The van der Waals surface area contributed by atoms with Crippen LogP contribution in [0.25, 0.3) is 58.8 Å². The topological polar surface area (TPSA) is 8.17 Å². The number of rotatable bonds is 4. The molecule has 0 saturated heterocycles. The number of benzene rings is 7. The van der Waals surface area contributed by atoms with E-state index in [1.165, 1.54) is 69.7 Å². The molecule has 3 heterocycles. The lowest BCUT2D eigenvalue weighted by Crippen LogP contribution is -2.49. The molecule has 0 saturated carbocycles. The zero-order valence-electron chi connectivity index (χ0n) is 26.8. The highest BCUT2D eigenvalue weighted by Gasteiger charge is 2.39. The van der Waals surface area contributed by atoms with Crippen molar-refractivity contribution in [1.29, 1.82) is 0 Å². The predicted molar refractivity (Wildman–Crippen MR) is 211 cm³/mol. The molecule has 0 unspecified atom stereocenters. The van der Waals surface area contributed by atoms with Gasteiger partial charge in [0.1, 0.15) is 8.07 Å². The molecule has 228 valence electrons. The van der Waals surface area contributed by atoms with Gasteiger partial charge in [-0.2, -0.15) is 0 Å². The van der Waals surface area contributed by atoms with E-state index in [2.05, 4.69) is 180 Å². The van der Waals surface area contributed by atoms with Crippen molar-refractivity contribution in [1.82, 2.24) is 4.57 Å². The molecule has 0 spiro atoms. The van der Waals surface area contributed by atoms with Crippen molar-refractivity contribution in [2.24, 2.45) is 0 Å². The fourth-order valence-corrected chi connectivity index (χ4v) is 12.5. The van der Waals surface area contributed by atoms with Gasteiger partial charge in [0.2, 0.25) is 0 Å². The van der Waals surface area contributed by atoms with E-state index in [4.69, 9.17) is 0 Å². The van der Waals surface area contributed by atoms with Gasteiger partial charge in [0.05, 0.1) is 11.0 Å². The third-order valence-electron chi connectivity index (χ3n) is 10.4. The fourth-order valence-electron chi connectivity index (χ4n) is 8.11. The minimum atomic E-state index is -1.96. The second-order valence-electron chi connectivity index (χ2n) is 13.4. The molecule has 0 atom stereocenters. The van der Waals surface area contributed by atoms with Gasteiger partial charge >= 0.3 is 0 Å². The molecule has 1 aliphatic rings. The van der Waals surface area contributed by atoms with Gasteiger partial charge < -0.3 is 9.47 Å². The molecule has 0 radical (unpaired) electrons. The van der Waals surface area contributed by atoms with E-state index >= 15 is 0 Å². The van der Waals surface area contributed by atoms with E-state index < -0.39 is 8.07 Å². The number of nitrogens with zero attached hydrogens (tertiary/aromatic N) is 2. The van der Waals surface area contributed by atoms with Gasteiger partial charge in [-0.05, 0) is 88.2 Å². The Morgan fingerprint density at radius 2 is 1.17 bits per heavy atom. The smallest absolute Gasteiger partial charge is 0.114 e. The Kier molecular flexibility index (Phi) is 5.93. The highest BCUT2D eigenvalue weighted by atomic mass is 32.1. The molecular formula is C44H32N2SSi. The van der Waals surface area contributed by atoms with Crippen molar-refractivity contribution in [3.8, 4) is 16.8 Å². The maximum atomic E-state index is 2.53. The summed E-state index contributed by atoms with van der Waals surface area (Å²) < 4.78 is 5.18. The van der Waals surface area contributed by atoms with Crippen LogP contribution in [0, 0.1) is 0 Å². The predicted octanol–water partition coefficient (Wildman–Crippen LogP) is 11.4. The number of anilines is 3. The summed E-state index contributed by atoms with van der Waals surface area (Å²) >= 11 is 1.95. The summed E-state index contributed by atoms with van der Waals surface area (Å²) in [7, 11) is -1.96. The molecule has 4 heteroatoms. The lowest BCUT2D eigenvalue weighted by atomic mass is 10.0. The summed E-state index contributed by atoms with van der Waals surface area (Å²) in [5, 5.41) is 8.33. The Balaban J connectivity index is 1.18. The molecular weight excluding hydrogens is 617 g/mol. The van der Waals surface area contributed by atoms with E-state index in [-0.39, 0.29) is 0 Å². The third kappa shape index (κ3) is 3.90. The highest BCUT2D eigenvalue weighted by molar-refractivity contribution is 7.26. The molecule has 2 aromatic heterocycles. The zero-order chi connectivity index (χ0) is 32.0. The van der Waals surface area contributed by atoms with Gasteiger partial charge in [-0.15, -0.1) is 11.3 Å². The van der Waals surface area contributed by atoms with E-state index in [1.54, 1.807) is 5.19 Å². The number of hydrogen-bond donors (Lipinski definition) is 0. The molecule has 0 aliphatic carbocycles. The second-order valence-corrected chi connectivity index (χ2v) is 18.8. The van der Waals surface area contributed by atoms with Crippen LogP contribution in [0.3, 0.4) is 0 Å². The summed E-state index contributed by atoms with van der Waals surface area (Å²) in [4.78, 5) is 2.44. The normalized spacial score (nSPS) is 13.4. The molecule has 0 bridgehead atoms. The summed E-state index contributed by atoms with van der Waals surface area (Å²) in [5.41, 5.74) is 10.0. The first-order chi connectivity index (χ1) is 23.6. The van der Waals surface area contributed by atoms with Gasteiger partial charge in [0, 0.05) is 53.7 Å². The van der Waals surface area contributed by atoms with Crippen LogP contribution in [0.1, 0.15) is 0 Å². The lowest BCUT2D eigenvalue weighted by Gasteiger charge is -2.27. The minimum Gasteiger partial charge on any atom is -0.310 e. The zero-order valence-corrected chi connectivity index (χ0v) is 28.6. The van der Waals surface area contributed by atoms with E-state index in [1.807, 2.05) is 11.3 Å². The van der Waals surface area contributed by atoms with Crippen LogP contribution >= 0.6 is 11.3 Å². The molecule has 9 aromatic rings. The van der Waals surface area contributed by atoms with Crippen molar-refractivity contribution in [3.63, 3.8) is 0 Å². The van der Waals surface area contributed by atoms with Crippen LogP contribution in [0.15, 0.2) is 158 Å². The van der Waals surface area contributed by atoms with Crippen LogP contribution in [0.2, 0.25) is 13.1 Å². The lowest BCUT2D eigenvalue weighted by molar-refractivity contribution is 1.18. The summed E-state index contributed by atoms with van der Waals surface area (Å²) in [5.74, 6) is 0. The van der Waals surface area contributed by atoms with Gasteiger partial charge in [-0.25, -0.2) is 0 Å². The first-order valence-electron chi connectivity index (χ1n) is 16.6. The van der Waals surface area contributed by atoms with Crippen molar-refractivity contribution in [2.75, 3.05) is 4.90 Å². The minimum absolute atomic E-state index is 1.16. The Hall–Kier alpha value is -5.42. The fraction of sp³-hybridized carbons (Fsp3) is 0.0455. The molecule has 2 nitrogen and oxygen atoms in total. The molecule has 0 amide bonds. The summed E-state index contributed by atoms with van der Waals surface area (Å²) in [6.45, 7) is 5.05. The van der Waals surface area contributed by atoms with Crippen LogP contribution in [0.5, 0.6) is 0 Å².